The van der Waals surface area contributed by atoms with Crippen molar-refractivity contribution in [1.29, 1.82) is 0 Å². The molecule has 1 aromatic rings. The van der Waals surface area contributed by atoms with Gasteiger partial charge in [0.05, 0.1) is 6.10 Å². The zero-order valence-electron chi connectivity index (χ0n) is 18.7. The summed E-state index contributed by atoms with van der Waals surface area (Å²) >= 11 is 0. The van der Waals surface area contributed by atoms with E-state index in [2.05, 4.69) is 58.9 Å². The Morgan fingerprint density at radius 3 is 2.54 bits per heavy atom. The van der Waals surface area contributed by atoms with Crippen LogP contribution in [0.2, 0.25) is 0 Å². The van der Waals surface area contributed by atoms with E-state index in [0.717, 1.165) is 37.0 Å². The molecule has 3 aliphatic carbocycles. The van der Waals surface area contributed by atoms with Crippen molar-refractivity contribution in [3.63, 3.8) is 0 Å². The molecule has 4 rings (SSSR count). The predicted molar refractivity (Wildman–Crippen MR) is 119 cm³/mol. The third-order valence-electron chi connectivity index (χ3n) is 8.85. The van der Waals surface area contributed by atoms with Crippen molar-refractivity contribution in [2.24, 2.45) is 29.1 Å². The van der Waals surface area contributed by atoms with Crippen molar-refractivity contribution in [1.82, 2.24) is 0 Å². The number of benzene rings is 1. The molecule has 1 nitrogen and oxygen atoms in total. The van der Waals surface area contributed by atoms with Gasteiger partial charge in [-0.2, -0.15) is 0 Å². The Morgan fingerprint density at radius 1 is 1.00 bits per heavy atom. The lowest BCUT2D eigenvalue weighted by Gasteiger charge is -2.44. The van der Waals surface area contributed by atoms with Gasteiger partial charge >= 0.3 is 0 Å². The fourth-order valence-electron chi connectivity index (χ4n) is 6.65. The van der Waals surface area contributed by atoms with Crippen LogP contribution in [0.15, 0.2) is 24.3 Å². The molecule has 0 aromatic heterocycles. The Kier molecular flexibility index (Phi) is 5.51. The predicted octanol–water partition coefficient (Wildman–Crippen LogP) is 6.47. The van der Waals surface area contributed by atoms with Crippen LogP contribution in [0.5, 0.6) is 0 Å². The smallest absolute Gasteiger partial charge is 0.0583 e. The minimum Gasteiger partial charge on any atom is -0.393 e. The molecule has 28 heavy (non-hydrogen) atoms. The van der Waals surface area contributed by atoms with E-state index < -0.39 is 0 Å². The second kappa shape index (κ2) is 7.63. The van der Waals surface area contributed by atoms with E-state index in [1.54, 1.807) is 16.7 Å². The molecule has 1 aromatic carbocycles. The fourth-order valence-corrected chi connectivity index (χ4v) is 6.65. The highest BCUT2D eigenvalue weighted by atomic mass is 16.3. The molecule has 1 heteroatoms. The number of fused-ring (bicyclic) bond motifs is 5. The lowest BCUT2D eigenvalue weighted by Crippen LogP contribution is -2.35. The Bertz CT molecular complexity index is 745. The Hall–Kier alpha value is -1.08. The van der Waals surface area contributed by atoms with E-state index in [1.807, 2.05) is 0 Å². The first-order valence-corrected chi connectivity index (χ1v) is 11.8. The average molecular weight is 381 g/mol. The van der Waals surface area contributed by atoms with Gasteiger partial charge in [0.25, 0.3) is 0 Å². The maximum Gasteiger partial charge on any atom is 0.0583 e. The van der Waals surface area contributed by atoms with Crippen LogP contribution < -0.4 is 0 Å². The summed E-state index contributed by atoms with van der Waals surface area (Å²) in [5.41, 5.74) is 6.81. The molecule has 1 saturated carbocycles. The van der Waals surface area contributed by atoms with Crippen molar-refractivity contribution in [3.8, 4) is 0 Å². The van der Waals surface area contributed by atoms with Gasteiger partial charge in [-0.05, 0) is 102 Å². The standard InChI is InChI=1S/C27H40O/c1-17(2)18(3)6-7-19(4)25-12-13-26-24-10-8-20-16-21(28)9-11-22(20)23(24)14-15-27(25,26)5/h6-8,10,17-19,21,25-26,28H,9,11-16H2,1-5H3/b7-6+/t18-,19+,21-,25-,26-,27+/m0/s1. The van der Waals surface area contributed by atoms with E-state index in [1.165, 1.54) is 31.2 Å². The first kappa shape index (κ1) is 20.2. The van der Waals surface area contributed by atoms with Crippen molar-refractivity contribution in [3.05, 3.63) is 46.5 Å². The van der Waals surface area contributed by atoms with Crippen LogP contribution in [-0.2, 0) is 19.3 Å². The molecule has 1 fully saturated rings. The highest BCUT2D eigenvalue weighted by molar-refractivity contribution is 5.47. The minimum atomic E-state index is -0.129. The molecule has 0 aliphatic heterocycles. The number of aliphatic hydroxyl groups excluding tert-OH is 1. The lowest BCUT2D eigenvalue weighted by molar-refractivity contribution is 0.140. The van der Waals surface area contributed by atoms with Crippen LogP contribution in [-0.4, -0.2) is 11.2 Å². The van der Waals surface area contributed by atoms with Gasteiger partial charge in [-0.3, -0.25) is 0 Å². The topological polar surface area (TPSA) is 20.2 Å². The van der Waals surface area contributed by atoms with Crippen LogP contribution in [0.4, 0.5) is 0 Å². The largest absolute Gasteiger partial charge is 0.393 e. The SMILES string of the molecule is CC(C)[C@@H](C)/C=C/[C@@H](C)[C@@H]1CC[C@H]2c3ccc4c(c3CC[C@@]21C)CC[C@H](O)C4. The zero-order chi connectivity index (χ0) is 20.1. The first-order chi connectivity index (χ1) is 13.3. The summed E-state index contributed by atoms with van der Waals surface area (Å²) in [5.74, 6) is 3.60. The fraction of sp³-hybridized carbons (Fsp3) is 0.704. The Morgan fingerprint density at radius 2 is 1.79 bits per heavy atom. The normalized spacial score (nSPS) is 34.2. The first-order valence-electron chi connectivity index (χ1n) is 11.8. The highest BCUT2D eigenvalue weighted by Crippen LogP contribution is 2.61. The second-order valence-corrected chi connectivity index (χ2v) is 10.8. The van der Waals surface area contributed by atoms with Gasteiger partial charge in [0.2, 0.25) is 0 Å². The lowest BCUT2D eigenvalue weighted by atomic mass is 9.60. The molecule has 0 spiro atoms. The minimum absolute atomic E-state index is 0.129. The zero-order valence-corrected chi connectivity index (χ0v) is 18.7. The van der Waals surface area contributed by atoms with Crippen LogP contribution in [0.1, 0.15) is 88.5 Å². The summed E-state index contributed by atoms with van der Waals surface area (Å²) in [5, 5.41) is 10.1. The van der Waals surface area contributed by atoms with Gasteiger partial charge < -0.3 is 5.11 Å². The Labute approximate surface area is 172 Å². The molecule has 6 atom stereocenters. The number of rotatable bonds is 4. The van der Waals surface area contributed by atoms with Crippen LogP contribution in [0, 0.1) is 29.1 Å². The van der Waals surface area contributed by atoms with Gasteiger partial charge in [0.1, 0.15) is 0 Å². The summed E-state index contributed by atoms with van der Waals surface area (Å²) in [6, 6.07) is 4.79. The number of hydrogen-bond acceptors (Lipinski definition) is 1. The molecule has 154 valence electrons. The molecule has 1 N–H and O–H groups in total. The van der Waals surface area contributed by atoms with Crippen molar-refractivity contribution < 1.29 is 5.11 Å². The third kappa shape index (κ3) is 3.38. The summed E-state index contributed by atoms with van der Waals surface area (Å²) in [4.78, 5) is 0. The monoisotopic (exact) mass is 380 g/mol. The third-order valence-corrected chi connectivity index (χ3v) is 8.85. The van der Waals surface area contributed by atoms with E-state index in [4.69, 9.17) is 0 Å². The molecule has 0 amide bonds. The van der Waals surface area contributed by atoms with E-state index in [-0.39, 0.29) is 6.10 Å². The van der Waals surface area contributed by atoms with Gasteiger partial charge in [0.15, 0.2) is 0 Å². The quantitative estimate of drug-likeness (QED) is 0.594. The number of allylic oxidation sites excluding steroid dienone is 2. The average Bonchev–Trinajstić information content (AvgIpc) is 3.02. The van der Waals surface area contributed by atoms with E-state index in [9.17, 15) is 5.11 Å². The van der Waals surface area contributed by atoms with Crippen LogP contribution >= 0.6 is 0 Å². The van der Waals surface area contributed by atoms with Crippen molar-refractivity contribution in [2.75, 3.05) is 0 Å². The Balaban J connectivity index is 1.58. The van der Waals surface area contributed by atoms with Crippen molar-refractivity contribution in [2.45, 2.75) is 91.6 Å². The van der Waals surface area contributed by atoms with Gasteiger partial charge in [-0.1, -0.05) is 58.9 Å². The highest BCUT2D eigenvalue weighted by Gasteiger charge is 2.50. The second-order valence-electron chi connectivity index (χ2n) is 10.8. The van der Waals surface area contributed by atoms with Crippen molar-refractivity contribution >= 4 is 0 Å². The van der Waals surface area contributed by atoms with Crippen LogP contribution in [0.25, 0.3) is 0 Å². The molecular weight excluding hydrogens is 340 g/mol. The summed E-state index contributed by atoms with van der Waals surface area (Å²) < 4.78 is 0. The van der Waals surface area contributed by atoms with E-state index in [0.29, 0.717) is 17.3 Å². The molecule has 0 bridgehead atoms. The molecular formula is C27H40O. The summed E-state index contributed by atoms with van der Waals surface area (Å²) in [6.45, 7) is 12.1. The number of hydrogen-bond donors (Lipinski definition) is 1. The summed E-state index contributed by atoms with van der Waals surface area (Å²) in [7, 11) is 0. The molecule has 0 saturated heterocycles. The molecule has 3 aliphatic rings. The summed E-state index contributed by atoms with van der Waals surface area (Å²) in [6.07, 6.45) is 13.1. The van der Waals surface area contributed by atoms with Crippen LogP contribution in [0.3, 0.4) is 0 Å². The maximum atomic E-state index is 10.1. The molecule has 0 unspecified atom stereocenters. The molecule has 0 radical (unpaired) electrons. The van der Waals surface area contributed by atoms with Gasteiger partial charge in [-0.25, -0.2) is 0 Å². The maximum absolute atomic E-state index is 10.1. The molecule has 0 heterocycles. The van der Waals surface area contributed by atoms with Gasteiger partial charge in [-0.15, -0.1) is 0 Å². The van der Waals surface area contributed by atoms with Gasteiger partial charge in [0, 0.05) is 0 Å². The van der Waals surface area contributed by atoms with E-state index >= 15 is 0 Å². The number of aliphatic hydroxyl groups is 1.